The molecule has 58 valence electrons. The molecule has 0 saturated carbocycles. The van der Waals surface area contributed by atoms with Crippen molar-refractivity contribution >= 4 is 26.9 Å². The SMILES string of the molecule is Cc1[c]([GeH3])cccc1C(=O)O. The fourth-order valence-corrected chi connectivity index (χ4v) is 1.95. The maximum atomic E-state index is 10.6. The summed E-state index contributed by atoms with van der Waals surface area (Å²) in [6.07, 6.45) is 0. The summed E-state index contributed by atoms with van der Waals surface area (Å²) in [6, 6.07) is 5.44. The van der Waals surface area contributed by atoms with Crippen LogP contribution < -0.4 is 4.40 Å². The first-order valence-corrected chi connectivity index (χ1v) is 5.52. The average molecular weight is 211 g/mol. The predicted molar refractivity (Wildman–Crippen MR) is 47.7 cm³/mol. The van der Waals surface area contributed by atoms with Crippen LogP contribution in [0.5, 0.6) is 0 Å². The molecule has 1 aromatic rings. The van der Waals surface area contributed by atoms with Crippen LogP contribution in [0.15, 0.2) is 18.2 Å². The van der Waals surface area contributed by atoms with Crippen LogP contribution in [0.4, 0.5) is 0 Å². The van der Waals surface area contributed by atoms with E-state index in [1.807, 2.05) is 13.0 Å². The van der Waals surface area contributed by atoms with Crippen molar-refractivity contribution in [2.24, 2.45) is 0 Å². The first kappa shape index (κ1) is 8.33. The van der Waals surface area contributed by atoms with Crippen LogP contribution in [0.2, 0.25) is 0 Å². The van der Waals surface area contributed by atoms with E-state index in [4.69, 9.17) is 5.11 Å². The molecule has 1 aromatic carbocycles. The first-order valence-electron chi connectivity index (χ1n) is 3.42. The number of carboxylic acid groups (broad SMARTS) is 1. The summed E-state index contributed by atoms with van der Waals surface area (Å²) in [6.45, 7) is 1.87. The Bertz CT molecular complexity index is 294. The Morgan fingerprint density at radius 1 is 1.55 bits per heavy atom. The number of aromatic carboxylic acids is 1. The van der Waals surface area contributed by atoms with Gasteiger partial charge in [0.15, 0.2) is 0 Å². The van der Waals surface area contributed by atoms with Gasteiger partial charge in [0.2, 0.25) is 0 Å². The maximum absolute atomic E-state index is 10.6. The van der Waals surface area contributed by atoms with E-state index in [9.17, 15) is 4.79 Å². The molecule has 0 heterocycles. The summed E-state index contributed by atoms with van der Waals surface area (Å²) in [5.74, 6) is -0.825. The second kappa shape index (κ2) is 3.09. The zero-order valence-electron chi connectivity index (χ0n) is 6.59. The van der Waals surface area contributed by atoms with Gasteiger partial charge in [0, 0.05) is 0 Å². The quantitative estimate of drug-likeness (QED) is 0.646. The summed E-state index contributed by atoms with van der Waals surface area (Å²) >= 11 is 0.558. The van der Waals surface area contributed by atoms with E-state index in [1.165, 1.54) is 4.40 Å². The van der Waals surface area contributed by atoms with Crippen molar-refractivity contribution in [2.75, 3.05) is 0 Å². The van der Waals surface area contributed by atoms with Crippen molar-refractivity contribution in [3.8, 4) is 0 Å². The van der Waals surface area contributed by atoms with Crippen LogP contribution >= 0.6 is 0 Å². The zero-order valence-corrected chi connectivity index (χ0v) is 10.8. The van der Waals surface area contributed by atoms with E-state index in [1.54, 1.807) is 12.1 Å². The van der Waals surface area contributed by atoms with Crippen molar-refractivity contribution in [3.05, 3.63) is 29.3 Å². The second-order valence-corrected chi connectivity index (χ2v) is 4.81. The number of rotatable bonds is 1. The van der Waals surface area contributed by atoms with Crippen molar-refractivity contribution < 1.29 is 9.90 Å². The summed E-state index contributed by atoms with van der Waals surface area (Å²) < 4.78 is 1.21. The zero-order chi connectivity index (χ0) is 8.43. The van der Waals surface area contributed by atoms with E-state index >= 15 is 0 Å². The number of hydrogen-bond donors (Lipinski definition) is 1. The molecule has 0 bridgehead atoms. The Labute approximate surface area is 73.5 Å². The predicted octanol–water partition coefficient (Wildman–Crippen LogP) is -0.316. The van der Waals surface area contributed by atoms with Crippen LogP contribution in [0.1, 0.15) is 15.9 Å². The summed E-state index contributed by atoms with van der Waals surface area (Å²) in [7, 11) is 0. The van der Waals surface area contributed by atoms with Gasteiger partial charge in [-0.1, -0.05) is 0 Å². The average Bonchev–Trinajstić information content (AvgIpc) is 1.94. The van der Waals surface area contributed by atoms with Crippen LogP contribution in [0.25, 0.3) is 0 Å². The fraction of sp³-hybridized carbons (Fsp3) is 0.125. The molecule has 0 unspecified atom stereocenters. The molecule has 1 rings (SSSR count). The van der Waals surface area contributed by atoms with Gasteiger partial charge < -0.3 is 0 Å². The molecule has 0 aliphatic rings. The molecule has 3 heteroatoms. The number of hydrogen-bond acceptors (Lipinski definition) is 1. The van der Waals surface area contributed by atoms with Gasteiger partial charge in [0.05, 0.1) is 0 Å². The van der Waals surface area contributed by atoms with E-state index in [-0.39, 0.29) is 0 Å². The Morgan fingerprint density at radius 2 is 2.18 bits per heavy atom. The Balaban J connectivity index is 3.27. The minimum atomic E-state index is -0.825. The minimum absolute atomic E-state index is 0.440. The number of carbonyl (C=O) groups is 1. The monoisotopic (exact) mass is 212 g/mol. The number of benzene rings is 1. The van der Waals surface area contributed by atoms with Gasteiger partial charge in [0.1, 0.15) is 0 Å². The van der Waals surface area contributed by atoms with Crippen molar-refractivity contribution in [3.63, 3.8) is 0 Å². The number of carboxylic acids is 1. The van der Waals surface area contributed by atoms with Gasteiger partial charge in [-0.2, -0.15) is 0 Å². The standard InChI is InChI=1S/C8H10GeO2/c1-5-6(8(10)11)3-2-4-7(5)9/h2-4H,1,9H3,(H,10,11). The van der Waals surface area contributed by atoms with Gasteiger partial charge in [-0.15, -0.1) is 0 Å². The van der Waals surface area contributed by atoms with Crippen LogP contribution in [-0.4, -0.2) is 27.6 Å². The third kappa shape index (κ3) is 1.63. The molecule has 0 atom stereocenters. The van der Waals surface area contributed by atoms with Crippen LogP contribution in [0.3, 0.4) is 0 Å². The summed E-state index contributed by atoms with van der Waals surface area (Å²) in [5, 5.41) is 8.71. The van der Waals surface area contributed by atoms with Gasteiger partial charge in [-0.25, -0.2) is 0 Å². The van der Waals surface area contributed by atoms with Crippen molar-refractivity contribution in [2.45, 2.75) is 6.92 Å². The molecule has 0 aliphatic heterocycles. The molecule has 0 radical (unpaired) electrons. The third-order valence-electron chi connectivity index (χ3n) is 1.84. The normalized spacial score (nSPS) is 9.91. The molecule has 0 saturated heterocycles. The fourth-order valence-electron chi connectivity index (χ4n) is 0.983. The molecular weight excluding hydrogens is 201 g/mol. The molecule has 2 nitrogen and oxygen atoms in total. The first-order chi connectivity index (χ1) is 5.13. The van der Waals surface area contributed by atoms with Crippen molar-refractivity contribution in [1.29, 1.82) is 0 Å². The Kier molecular flexibility index (Phi) is 2.34. The van der Waals surface area contributed by atoms with E-state index < -0.39 is 5.97 Å². The molecule has 0 fully saturated rings. The van der Waals surface area contributed by atoms with Crippen LogP contribution in [0, 0.1) is 6.92 Å². The van der Waals surface area contributed by atoms with Gasteiger partial charge in [-0.05, 0) is 0 Å². The molecular formula is C8H10GeO2. The third-order valence-corrected chi connectivity index (χ3v) is 4.11. The molecule has 0 aliphatic carbocycles. The molecule has 11 heavy (non-hydrogen) atoms. The van der Waals surface area contributed by atoms with Gasteiger partial charge in [0.25, 0.3) is 0 Å². The molecule has 1 N–H and O–H groups in total. The molecule has 0 aromatic heterocycles. The van der Waals surface area contributed by atoms with Crippen molar-refractivity contribution in [1.82, 2.24) is 0 Å². The van der Waals surface area contributed by atoms with Gasteiger partial charge >= 0.3 is 73.0 Å². The van der Waals surface area contributed by atoms with Gasteiger partial charge in [-0.3, -0.25) is 0 Å². The summed E-state index contributed by atoms with van der Waals surface area (Å²) in [5.41, 5.74) is 1.37. The molecule has 0 spiro atoms. The van der Waals surface area contributed by atoms with E-state index in [2.05, 4.69) is 0 Å². The second-order valence-electron chi connectivity index (χ2n) is 2.55. The topological polar surface area (TPSA) is 37.3 Å². The molecule has 0 amide bonds. The van der Waals surface area contributed by atoms with Crippen LogP contribution in [-0.2, 0) is 0 Å². The Hall–Kier alpha value is -0.767. The summed E-state index contributed by atoms with van der Waals surface area (Å²) in [4.78, 5) is 10.6. The van der Waals surface area contributed by atoms with E-state index in [0.29, 0.717) is 22.1 Å². The Morgan fingerprint density at radius 3 is 2.64 bits per heavy atom. The van der Waals surface area contributed by atoms with E-state index in [0.717, 1.165) is 5.56 Å².